The number of carbonyl (C=O) groups excluding carboxylic acids is 1. The average molecular weight is 231 g/mol. The van der Waals surface area contributed by atoms with E-state index in [-0.39, 0.29) is 17.8 Å². The quantitative estimate of drug-likeness (QED) is 0.825. The molecule has 3 nitrogen and oxygen atoms in total. The summed E-state index contributed by atoms with van der Waals surface area (Å²) in [5.41, 5.74) is 1.98. The molecule has 17 heavy (non-hydrogen) atoms. The van der Waals surface area contributed by atoms with E-state index in [0.717, 1.165) is 16.6 Å². The first-order chi connectivity index (χ1) is 8.13. The lowest BCUT2D eigenvalue weighted by atomic mass is 9.92. The Morgan fingerprint density at radius 1 is 1.29 bits per heavy atom. The van der Waals surface area contributed by atoms with Crippen molar-refractivity contribution >= 4 is 16.9 Å². The van der Waals surface area contributed by atoms with Gasteiger partial charge in [-0.2, -0.15) is 0 Å². The number of methoxy groups -OCH3 is 1. The lowest BCUT2D eigenvalue weighted by Gasteiger charge is -2.16. The van der Waals surface area contributed by atoms with Gasteiger partial charge in [0.2, 0.25) is 0 Å². The highest BCUT2D eigenvalue weighted by Crippen LogP contribution is 2.28. The van der Waals surface area contributed by atoms with Gasteiger partial charge in [-0.15, -0.1) is 0 Å². The molecule has 90 valence electrons. The van der Waals surface area contributed by atoms with Crippen molar-refractivity contribution in [3.05, 3.63) is 36.0 Å². The normalized spacial score (nSPS) is 12.9. The Balaban J connectivity index is 2.45. The topological polar surface area (TPSA) is 42.1 Å². The van der Waals surface area contributed by atoms with Crippen LogP contribution in [-0.2, 0) is 9.53 Å². The molecule has 0 aliphatic heterocycles. The first kappa shape index (κ1) is 11.7. The Hall–Kier alpha value is -1.77. The first-order valence-corrected chi connectivity index (χ1v) is 5.79. The van der Waals surface area contributed by atoms with E-state index in [2.05, 4.69) is 4.98 Å². The average Bonchev–Trinajstić information content (AvgIpc) is 2.71. The number of H-pyrrole nitrogens is 1. The van der Waals surface area contributed by atoms with Crippen molar-refractivity contribution in [2.45, 2.75) is 19.8 Å². The fourth-order valence-corrected chi connectivity index (χ4v) is 2.15. The van der Waals surface area contributed by atoms with E-state index in [0.29, 0.717) is 0 Å². The minimum Gasteiger partial charge on any atom is -0.468 e. The van der Waals surface area contributed by atoms with Crippen LogP contribution in [0.25, 0.3) is 10.9 Å². The lowest BCUT2D eigenvalue weighted by molar-refractivity contribution is -0.143. The maximum absolute atomic E-state index is 11.8. The van der Waals surface area contributed by atoms with E-state index in [1.807, 2.05) is 44.2 Å². The molecule has 1 unspecified atom stereocenters. The number of carbonyl (C=O) groups is 1. The molecule has 0 fully saturated rings. The second-order valence-electron chi connectivity index (χ2n) is 4.56. The van der Waals surface area contributed by atoms with E-state index in [9.17, 15) is 4.79 Å². The summed E-state index contributed by atoms with van der Waals surface area (Å²) in [7, 11) is 1.43. The molecule has 2 aromatic rings. The highest BCUT2D eigenvalue weighted by molar-refractivity contribution is 5.84. The van der Waals surface area contributed by atoms with Crippen LogP contribution in [-0.4, -0.2) is 18.1 Å². The molecule has 0 spiro atoms. The van der Waals surface area contributed by atoms with Gasteiger partial charge in [0.15, 0.2) is 0 Å². The van der Waals surface area contributed by atoms with Gasteiger partial charge in [0.05, 0.1) is 13.0 Å². The molecule has 0 bridgehead atoms. The van der Waals surface area contributed by atoms with Gasteiger partial charge >= 0.3 is 5.97 Å². The largest absolute Gasteiger partial charge is 0.468 e. The summed E-state index contributed by atoms with van der Waals surface area (Å²) in [5, 5.41) is 1.12. The van der Waals surface area contributed by atoms with Crippen molar-refractivity contribution in [1.29, 1.82) is 0 Å². The number of benzene rings is 1. The van der Waals surface area contributed by atoms with Crippen molar-refractivity contribution in [1.82, 2.24) is 4.98 Å². The predicted molar refractivity (Wildman–Crippen MR) is 67.9 cm³/mol. The number of fused-ring (bicyclic) bond motifs is 1. The number of nitrogens with one attached hydrogen (secondary N) is 1. The smallest absolute Gasteiger partial charge is 0.314 e. The van der Waals surface area contributed by atoms with Crippen LogP contribution in [0.3, 0.4) is 0 Å². The fraction of sp³-hybridized carbons (Fsp3) is 0.357. The summed E-state index contributed by atoms with van der Waals surface area (Å²) in [4.78, 5) is 15.1. The number of hydrogen-bond acceptors (Lipinski definition) is 2. The van der Waals surface area contributed by atoms with Crippen LogP contribution in [0.4, 0.5) is 0 Å². The van der Waals surface area contributed by atoms with Crippen molar-refractivity contribution < 1.29 is 9.53 Å². The highest BCUT2D eigenvalue weighted by atomic mass is 16.5. The Labute approximate surface area is 101 Å². The minimum absolute atomic E-state index is 0.188. The molecule has 1 heterocycles. The zero-order valence-corrected chi connectivity index (χ0v) is 10.4. The SMILES string of the molecule is COC(=O)C(c1cc2ccccc2[nH]1)C(C)C. The predicted octanol–water partition coefficient (Wildman–Crippen LogP) is 3.08. The second kappa shape index (κ2) is 4.62. The van der Waals surface area contributed by atoms with E-state index >= 15 is 0 Å². The van der Waals surface area contributed by atoms with Gasteiger partial charge in [0.1, 0.15) is 0 Å². The number of rotatable bonds is 3. The van der Waals surface area contributed by atoms with Gasteiger partial charge in [-0.1, -0.05) is 32.0 Å². The minimum atomic E-state index is -0.229. The Kier molecular flexibility index (Phi) is 3.18. The van der Waals surface area contributed by atoms with Gasteiger partial charge in [-0.25, -0.2) is 0 Å². The van der Waals surface area contributed by atoms with Crippen LogP contribution in [0.15, 0.2) is 30.3 Å². The van der Waals surface area contributed by atoms with Crippen LogP contribution in [0.1, 0.15) is 25.5 Å². The Morgan fingerprint density at radius 2 is 2.00 bits per heavy atom. The lowest BCUT2D eigenvalue weighted by Crippen LogP contribution is -2.19. The molecule has 0 radical (unpaired) electrons. The maximum Gasteiger partial charge on any atom is 0.314 e. The third kappa shape index (κ3) is 2.18. The van der Waals surface area contributed by atoms with Gasteiger partial charge < -0.3 is 9.72 Å². The number of aromatic nitrogens is 1. The van der Waals surface area contributed by atoms with Crippen molar-refractivity contribution in [3.63, 3.8) is 0 Å². The molecular weight excluding hydrogens is 214 g/mol. The summed E-state index contributed by atoms with van der Waals surface area (Å²) in [6.45, 7) is 4.04. The standard InChI is InChI=1S/C14H17NO2/c1-9(2)13(14(16)17-3)12-8-10-6-4-5-7-11(10)15-12/h4-9,13,15H,1-3H3. The maximum atomic E-state index is 11.8. The first-order valence-electron chi connectivity index (χ1n) is 5.79. The van der Waals surface area contributed by atoms with Crippen LogP contribution >= 0.6 is 0 Å². The van der Waals surface area contributed by atoms with Crippen LogP contribution in [0.5, 0.6) is 0 Å². The van der Waals surface area contributed by atoms with Crippen molar-refractivity contribution in [2.75, 3.05) is 7.11 Å². The van der Waals surface area contributed by atoms with Crippen LogP contribution in [0.2, 0.25) is 0 Å². The Morgan fingerprint density at radius 3 is 2.59 bits per heavy atom. The molecule has 1 N–H and O–H groups in total. The van der Waals surface area contributed by atoms with E-state index in [1.54, 1.807) is 0 Å². The van der Waals surface area contributed by atoms with Crippen LogP contribution < -0.4 is 0 Å². The van der Waals surface area contributed by atoms with Gasteiger partial charge in [-0.05, 0) is 23.4 Å². The third-order valence-electron chi connectivity index (χ3n) is 3.01. The Bertz CT molecular complexity index is 495. The summed E-state index contributed by atoms with van der Waals surface area (Å²) < 4.78 is 4.87. The number of esters is 1. The van der Waals surface area contributed by atoms with Crippen LogP contribution in [0, 0.1) is 5.92 Å². The monoisotopic (exact) mass is 231 g/mol. The molecule has 0 saturated carbocycles. The molecule has 3 heteroatoms. The zero-order chi connectivity index (χ0) is 12.4. The van der Waals surface area contributed by atoms with Crippen molar-refractivity contribution in [3.8, 4) is 0 Å². The van der Waals surface area contributed by atoms with E-state index < -0.39 is 0 Å². The van der Waals surface area contributed by atoms with Crippen molar-refractivity contribution in [2.24, 2.45) is 5.92 Å². The number of hydrogen-bond donors (Lipinski definition) is 1. The second-order valence-corrected chi connectivity index (χ2v) is 4.56. The number of aromatic amines is 1. The molecule has 1 aromatic heterocycles. The molecule has 0 aliphatic rings. The zero-order valence-electron chi connectivity index (χ0n) is 10.4. The highest BCUT2D eigenvalue weighted by Gasteiger charge is 2.26. The van der Waals surface area contributed by atoms with E-state index in [1.165, 1.54) is 7.11 Å². The fourth-order valence-electron chi connectivity index (χ4n) is 2.15. The molecule has 2 rings (SSSR count). The molecule has 1 aromatic carbocycles. The molecule has 0 amide bonds. The molecular formula is C14H17NO2. The summed E-state index contributed by atoms with van der Waals surface area (Å²) >= 11 is 0. The number of ether oxygens (including phenoxy) is 1. The van der Waals surface area contributed by atoms with Gasteiger partial charge in [-0.3, -0.25) is 4.79 Å². The summed E-state index contributed by atoms with van der Waals surface area (Å²) in [6, 6.07) is 10.0. The van der Waals surface area contributed by atoms with Gasteiger partial charge in [0.25, 0.3) is 0 Å². The molecule has 0 saturated heterocycles. The number of para-hydroxylation sites is 1. The molecule has 1 atom stereocenters. The van der Waals surface area contributed by atoms with Gasteiger partial charge in [0, 0.05) is 11.2 Å². The third-order valence-corrected chi connectivity index (χ3v) is 3.01. The summed E-state index contributed by atoms with van der Waals surface area (Å²) in [5.74, 6) is -0.213. The summed E-state index contributed by atoms with van der Waals surface area (Å²) in [6.07, 6.45) is 0. The van der Waals surface area contributed by atoms with E-state index in [4.69, 9.17) is 4.74 Å². The molecule has 0 aliphatic carbocycles.